The molecule has 1 amide bonds. The number of hydrogen-bond donors (Lipinski definition) is 2. The molecule has 2 N–H and O–H groups in total. The summed E-state index contributed by atoms with van der Waals surface area (Å²) in [6.45, 7) is 0.796. The van der Waals surface area contributed by atoms with Crippen LogP contribution in [0.3, 0.4) is 0 Å². The zero-order valence-electron chi connectivity index (χ0n) is 12.8. The Bertz CT molecular complexity index is 612. The summed E-state index contributed by atoms with van der Waals surface area (Å²) in [5.74, 6) is 1.47. The fourth-order valence-electron chi connectivity index (χ4n) is 2.04. The summed E-state index contributed by atoms with van der Waals surface area (Å²) in [5, 5.41) is 5.92. The van der Waals surface area contributed by atoms with Crippen molar-refractivity contribution in [3.8, 4) is 11.5 Å². The number of amides is 1. The average Bonchev–Trinajstić information content (AvgIpc) is 2.56. The maximum Gasteiger partial charge on any atom is 0.238 e. The maximum absolute atomic E-state index is 11.9. The van der Waals surface area contributed by atoms with Gasteiger partial charge >= 0.3 is 0 Å². The molecule has 0 bridgehead atoms. The molecule has 0 atom stereocenters. The van der Waals surface area contributed by atoms with Gasteiger partial charge in [0.05, 0.1) is 20.8 Å². The zero-order chi connectivity index (χ0) is 15.8. The van der Waals surface area contributed by atoms with Gasteiger partial charge in [-0.1, -0.05) is 18.2 Å². The third kappa shape index (κ3) is 4.49. The van der Waals surface area contributed by atoms with Gasteiger partial charge in [-0.15, -0.1) is 0 Å². The minimum Gasteiger partial charge on any atom is -0.497 e. The number of benzene rings is 2. The van der Waals surface area contributed by atoms with Gasteiger partial charge in [0.25, 0.3) is 0 Å². The van der Waals surface area contributed by atoms with E-state index in [1.54, 1.807) is 38.5 Å². The highest BCUT2D eigenvalue weighted by Crippen LogP contribution is 2.17. The van der Waals surface area contributed by atoms with Crippen molar-refractivity contribution in [1.29, 1.82) is 0 Å². The molecule has 5 heteroatoms. The van der Waals surface area contributed by atoms with Gasteiger partial charge in [0.1, 0.15) is 11.5 Å². The summed E-state index contributed by atoms with van der Waals surface area (Å²) in [4.78, 5) is 11.9. The summed E-state index contributed by atoms with van der Waals surface area (Å²) in [5.41, 5.74) is 1.76. The largest absolute Gasteiger partial charge is 0.497 e. The number of nitrogens with one attached hydrogen (secondary N) is 2. The molecule has 2 aromatic carbocycles. The van der Waals surface area contributed by atoms with Crippen molar-refractivity contribution in [3.63, 3.8) is 0 Å². The van der Waals surface area contributed by atoms with Gasteiger partial charge in [0, 0.05) is 17.8 Å². The molecular formula is C17H20N2O3. The minimum atomic E-state index is -0.0972. The van der Waals surface area contributed by atoms with Crippen molar-refractivity contribution < 1.29 is 14.3 Å². The van der Waals surface area contributed by atoms with Crippen LogP contribution in [0.2, 0.25) is 0 Å². The Morgan fingerprint density at radius 1 is 1.00 bits per heavy atom. The number of ether oxygens (including phenoxy) is 2. The van der Waals surface area contributed by atoms with Crippen molar-refractivity contribution >= 4 is 11.6 Å². The first kappa shape index (κ1) is 15.9. The molecule has 0 unspecified atom stereocenters. The Labute approximate surface area is 130 Å². The van der Waals surface area contributed by atoms with Gasteiger partial charge in [-0.25, -0.2) is 0 Å². The fraction of sp³-hybridized carbons (Fsp3) is 0.235. The topological polar surface area (TPSA) is 59.6 Å². The van der Waals surface area contributed by atoms with Crippen molar-refractivity contribution in [2.24, 2.45) is 0 Å². The molecule has 22 heavy (non-hydrogen) atoms. The lowest BCUT2D eigenvalue weighted by Crippen LogP contribution is -2.27. The Balaban J connectivity index is 1.80. The highest BCUT2D eigenvalue weighted by atomic mass is 16.5. The lowest BCUT2D eigenvalue weighted by molar-refractivity contribution is -0.115. The fourth-order valence-corrected chi connectivity index (χ4v) is 2.04. The smallest absolute Gasteiger partial charge is 0.238 e. The monoisotopic (exact) mass is 300 g/mol. The number of carbonyl (C=O) groups is 1. The summed E-state index contributed by atoms with van der Waals surface area (Å²) in [6.07, 6.45) is 0. The van der Waals surface area contributed by atoms with Crippen molar-refractivity contribution in [3.05, 3.63) is 54.1 Å². The first-order valence-electron chi connectivity index (χ1n) is 6.99. The molecule has 2 rings (SSSR count). The molecule has 0 spiro atoms. The highest BCUT2D eigenvalue weighted by Gasteiger charge is 2.04. The number of para-hydroxylation sites is 1. The number of hydrogen-bond acceptors (Lipinski definition) is 4. The third-order valence-electron chi connectivity index (χ3n) is 3.17. The molecule has 0 aliphatic rings. The second kappa shape index (κ2) is 8.05. The van der Waals surface area contributed by atoms with Gasteiger partial charge in [0.15, 0.2) is 0 Å². The van der Waals surface area contributed by atoms with Crippen LogP contribution < -0.4 is 20.1 Å². The molecule has 0 aromatic heterocycles. The molecule has 116 valence electrons. The van der Waals surface area contributed by atoms with Crippen molar-refractivity contribution in [2.75, 3.05) is 26.1 Å². The van der Waals surface area contributed by atoms with Crippen LogP contribution in [-0.2, 0) is 11.3 Å². The van der Waals surface area contributed by atoms with E-state index >= 15 is 0 Å². The number of carbonyl (C=O) groups excluding carboxylic acids is 1. The van der Waals surface area contributed by atoms with Crippen LogP contribution in [0.15, 0.2) is 48.5 Å². The van der Waals surface area contributed by atoms with Gasteiger partial charge in [0.2, 0.25) is 5.91 Å². The van der Waals surface area contributed by atoms with E-state index in [1.165, 1.54) is 0 Å². The third-order valence-corrected chi connectivity index (χ3v) is 3.17. The van der Waals surface area contributed by atoms with E-state index in [4.69, 9.17) is 9.47 Å². The normalized spacial score (nSPS) is 10.1. The zero-order valence-corrected chi connectivity index (χ0v) is 12.8. The van der Waals surface area contributed by atoms with Crippen molar-refractivity contribution in [1.82, 2.24) is 5.32 Å². The molecule has 0 fully saturated rings. The lowest BCUT2D eigenvalue weighted by Gasteiger charge is -2.10. The van der Waals surface area contributed by atoms with Crippen LogP contribution in [0, 0.1) is 0 Å². The molecule has 0 saturated carbocycles. The first-order valence-corrected chi connectivity index (χ1v) is 6.99. The molecule has 0 saturated heterocycles. The summed E-state index contributed by atoms with van der Waals surface area (Å²) in [7, 11) is 3.24. The van der Waals surface area contributed by atoms with E-state index in [1.807, 2.05) is 24.3 Å². The van der Waals surface area contributed by atoms with E-state index in [2.05, 4.69) is 10.6 Å². The van der Waals surface area contributed by atoms with Crippen molar-refractivity contribution in [2.45, 2.75) is 6.54 Å². The lowest BCUT2D eigenvalue weighted by atomic mass is 10.2. The Hall–Kier alpha value is -2.53. The first-order chi connectivity index (χ1) is 10.7. The minimum absolute atomic E-state index is 0.0972. The molecule has 0 aliphatic carbocycles. The predicted molar refractivity (Wildman–Crippen MR) is 86.3 cm³/mol. The highest BCUT2D eigenvalue weighted by molar-refractivity contribution is 5.92. The van der Waals surface area contributed by atoms with Crippen LogP contribution in [0.1, 0.15) is 5.56 Å². The standard InChI is InChI=1S/C17H20N2O3/c1-21-15-9-7-14(8-10-15)19-17(20)12-18-11-13-5-3-4-6-16(13)22-2/h3-10,18H,11-12H2,1-2H3,(H,19,20). The Morgan fingerprint density at radius 3 is 2.41 bits per heavy atom. The number of rotatable bonds is 7. The summed E-state index contributed by atoms with van der Waals surface area (Å²) >= 11 is 0. The average molecular weight is 300 g/mol. The Morgan fingerprint density at radius 2 is 1.73 bits per heavy atom. The molecule has 0 heterocycles. The predicted octanol–water partition coefficient (Wildman–Crippen LogP) is 2.43. The van der Waals surface area contributed by atoms with Gasteiger partial charge in [-0.2, -0.15) is 0 Å². The van der Waals surface area contributed by atoms with Crippen LogP contribution in [0.5, 0.6) is 11.5 Å². The number of anilines is 1. The SMILES string of the molecule is COc1ccc(NC(=O)CNCc2ccccc2OC)cc1. The van der Waals surface area contributed by atoms with E-state index in [9.17, 15) is 4.79 Å². The van der Waals surface area contributed by atoms with E-state index in [-0.39, 0.29) is 12.5 Å². The van der Waals surface area contributed by atoms with Crippen LogP contribution in [0.25, 0.3) is 0 Å². The molecule has 0 aliphatic heterocycles. The van der Waals surface area contributed by atoms with E-state index < -0.39 is 0 Å². The van der Waals surface area contributed by atoms with Gasteiger partial charge in [-0.3, -0.25) is 4.79 Å². The second-order valence-corrected chi connectivity index (χ2v) is 4.69. The molecule has 0 radical (unpaired) electrons. The summed E-state index contributed by atoms with van der Waals surface area (Å²) < 4.78 is 10.3. The van der Waals surface area contributed by atoms with Crippen LogP contribution >= 0.6 is 0 Å². The second-order valence-electron chi connectivity index (χ2n) is 4.69. The van der Waals surface area contributed by atoms with E-state index in [0.717, 1.165) is 22.7 Å². The van der Waals surface area contributed by atoms with Gasteiger partial charge in [-0.05, 0) is 30.3 Å². The Kier molecular flexibility index (Phi) is 5.80. The maximum atomic E-state index is 11.9. The van der Waals surface area contributed by atoms with E-state index in [0.29, 0.717) is 6.54 Å². The molecule has 5 nitrogen and oxygen atoms in total. The summed E-state index contributed by atoms with van der Waals surface area (Å²) in [6, 6.07) is 14.9. The van der Waals surface area contributed by atoms with Crippen LogP contribution in [0.4, 0.5) is 5.69 Å². The molecular weight excluding hydrogens is 280 g/mol. The number of methoxy groups -OCH3 is 2. The molecule has 2 aromatic rings. The quantitative estimate of drug-likeness (QED) is 0.824. The van der Waals surface area contributed by atoms with Crippen LogP contribution in [-0.4, -0.2) is 26.7 Å². The van der Waals surface area contributed by atoms with Gasteiger partial charge < -0.3 is 20.1 Å².